The van der Waals surface area contributed by atoms with Gasteiger partial charge in [0.25, 0.3) is 0 Å². The molecular formula is C13H12ClNO3S. The van der Waals surface area contributed by atoms with Crippen LogP contribution in [0.15, 0.2) is 52.5 Å². The Kier molecular flexibility index (Phi) is 4.42. The van der Waals surface area contributed by atoms with Crippen molar-refractivity contribution in [1.29, 1.82) is 0 Å². The molecule has 0 aliphatic carbocycles. The zero-order chi connectivity index (χ0) is 13.7. The second kappa shape index (κ2) is 6.06. The lowest BCUT2D eigenvalue weighted by Crippen LogP contribution is -2.20. The second-order valence-electron chi connectivity index (χ2n) is 3.80. The molecule has 1 aromatic heterocycles. The van der Waals surface area contributed by atoms with Gasteiger partial charge in [0.05, 0.1) is 12.8 Å². The number of hydrogen-bond donors (Lipinski definition) is 1. The predicted molar refractivity (Wildman–Crippen MR) is 75.0 cm³/mol. The fourth-order valence-electron chi connectivity index (χ4n) is 1.38. The van der Waals surface area contributed by atoms with E-state index in [1.807, 2.05) is 0 Å². The molecule has 0 saturated carbocycles. The van der Waals surface area contributed by atoms with Crippen molar-refractivity contribution < 1.29 is 12.8 Å². The first-order valence-electron chi connectivity index (χ1n) is 5.51. The largest absolute Gasteiger partial charge is 0.468 e. The van der Waals surface area contributed by atoms with Crippen LogP contribution in [0, 0.1) is 0 Å². The molecule has 0 aliphatic heterocycles. The van der Waals surface area contributed by atoms with Gasteiger partial charge in [0, 0.05) is 10.4 Å². The monoisotopic (exact) mass is 297 g/mol. The highest BCUT2D eigenvalue weighted by Gasteiger charge is 2.05. The third-order valence-electron chi connectivity index (χ3n) is 2.34. The van der Waals surface area contributed by atoms with Gasteiger partial charge in [-0.3, -0.25) is 0 Å². The molecule has 2 rings (SSSR count). The Bertz CT molecular complexity index is 646. The van der Waals surface area contributed by atoms with Crippen molar-refractivity contribution in [3.63, 3.8) is 0 Å². The molecule has 1 heterocycles. The van der Waals surface area contributed by atoms with Crippen molar-refractivity contribution in [2.24, 2.45) is 0 Å². The number of nitrogens with one attached hydrogen (secondary N) is 1. The number of furan rings is 1. The van der Waals surface area contributed by atoms with Crippen molar-refractivity contribution in [3.8, 4) is 0 Å². The quantitative estimate of drug-likeness (QED) is 0.923. The summed E-state index contributed by atoms with van der Waals surface area (Å²) in [6.45, 7) is 0.125. The van der Waals surface area contributed by atoms with E-state index in [9.17, 15) is 8.42 Å². The van der Waals surface area contributed by atoms with Crippen LogP contribution < -0.4 is 4.72 Å². The topological polar surface area (TPSA) is 59.3 Å². The van der Waals surface area contributed by atoms with Gasteiger partial charge in [-0.25, -0.2) is 13.1 Å². The molecule has 0 atom stereocenters. The molecular weight excluding hydrogens is 286 g/mol. The smallest absolute Gasteiger partial charge is 0.234 e. The molecule has 0 saturated heterocycles. The van der Waals surface area contributed by atoms with Crippen LogP contribution >= 0.6 is 11.6 Å². The second-order valence-corrected chi connectivity index (χ2v) is 5.89. The number of sulfonamides is 1. The van der Waals surface area contributed by atoms with E-state index < -0.39 is 10.0 Å². The van der Waals surface area contributed by atoms with Crippen molar-refractivity contribution in [2.45, 2.75) is 6.54 Å². The number of hydrogen-bond acceptors (Lipinski definition) is 3. The van der Waals surface area contributed by atoms with Gasteiger partial charge in [-0.1, -0.05) is 23.7 Å². The first-order valence-corrected chi connectivity index (χ1v) is 7.43. The van der Waals surface area contributed by atoms with Crippen molar-refractivity contribution in [2.75, 3.05) is 0 Å². The maximum absolute atomic E-state index is 11.7. The highest BCUT2D eigenvalue weighted by Crippen LogP contribution is 2.11. The summed E-state index contributed by atoms with van der Waals surface area (Å²) in [4.78, 5) is 0. The molecule has 0 bridgehead atoms. The van der Waals surface area contributed by atoms with Crippen LogP contribution in [-0.2, 0) is 16.6 Å². The van der Waals surface area contributed by atoms with Gasteiger partial charge in [-0.15, -0.1) is 0 Å². The Balaban J connectivity index is 1.98. The van der Waals surface area contributed by atoms with Crippen molar-refractivity contribution in [3.05, 3.63) is 64.4 Å². The summed E-state index contributed by atoms with van der Waals surface area (Å²) in [6, 6.07) is 10.3. The van der Waals surface area contributed by atoms with Crippen LogP contribution in [0.3, 0.4) is 0 Å². The lowest BCUT2D eigenvalue weighted by atomic mass is 10.2. The summed E-state index contributed by atoms with van der Waals surface area (Å²) >= 11 is 5.74. The molecule has 1 aromatic carbocycles. The summed E-state index contributed by atoms with van der Waals surface area (Å²) in [5, 5.41) is 1.72. The Morgan fingerprint density at radius 1 is 1.21 bits per heavy atom. The first-order chi connectivity index (χ1) is 9.05. The molecule has 0 amide bonds. The number of benzene rings is 1. The highest BCUT2D eigenvalue weighted by atomic mass is 35.5. The molecule has 1 N–H and O–H groups in total. The standard InChI is InChI=1S/C13H12ClNO3S/c14-12-5-3-11(4-6-12)7-9-19(16,17)15-10-13-2-1-8-18-13/h1-9,15H,10H2. The lowest BCUT2D eigenvalue weighted by molar-refractivity contribution is 0.500. The van der Waals surface area contributed by atoms with E-state index in [0.29, 0.717) is 10.8 Å². The Hall–Kier alpha value is -1.56. The van der Waals surface area contributed by atoms with E-state index in [1.165, 1.54) is 12.3 Å². The molecule has 19 heavy (non-hydrogen) atoms. The SMILES string of the molecule is O=S(=O)(C=Cc1ccc(Cl)cc1)NCc1ccco1. The molecule has 0 aliphatic rings. The van der Waals surface area contributed by atoms with E-state index in [-0.39, 0.29) is 6.54 Å². The van der Waals surface area contributed by atoms with Crippen LogP contribution in [0.5, 0.6) is 0 Å². The summed E-state index contributed by atoms with van der Waals surface area (Å²) in [7, 11) is -3.49. The van der Waals surface area contributed by atoms with E-state index >= 15 is 0 Å². The third-order valence-corrected chi connectivity index (χ3v) is 3.63. The van der Waals surface area contributed by atoms with Crippen LogP contribution in [0.1, 0.15) is 11.3 Å². The third kappa shape index (κ3) is 4.55. The highest BCUT2D eigenvalue weighted by molar-refractivity contribution is 7.92. The van der Waals surface area contributed by atoms with Gasteiger partial charge < -0.3 is 4.42 Å². The van der Waals surface area contributed by atoms with E-state index in [4.69, 9.17) is 16.0 Å². The normalized spacial score (nSPS) is 12.1. The fourth-order valence-corrected chi connectivity index (χ4v) is 2.28. The zero-order valence-corrected chi connectivity index (χ0v) is 11.5. The lowest BCUT2D eigenvalue weighted by Gasteiger charge is -2.00. The maximum Gasteiger partial charge on any atom is 0.234 e. The van der Waals surface area contributed by atoms with Crippen LogP contribution in [-0.4, -0.2) is 8.42 Å². The Labute approximate surface area is 116 Å². The van der Waals surface area contributed by atoms with Gasteiger partial charge in [-0.2, -0.15) is 0 Å². The maximum atomic E-state index is 11.7. The number of rotatable bonds is 5. The van der Waals surface area contributed by atoms with Gasteiger partial charge in [0.15, 0.2) is 0 Å². The molecule has 4 nitrogen and oxygen atoms in total. The molecule has 0 unspecified atom stereocenters. The van der Waals surface area contributed by atoms with E-state index in [1.54, 1.807) is 36.4 Å². The number of halogens is 1. The van der Waals surface area contributed by atoms with Crippen LogP contribution in [0.2, 0.25) is 5.02 Å². The zero-order valence-electron chi connectivity index (χ0n) is 9.91. The Morgan fingerprint density at radius 2 is 1.95 bits per heavy atom. The fraction of sp³-hybridized carbons (Fsp3) is 0.0769. The van der Waals surface area contributed by atoms with Gasteiger partial charge in [-0.05, 0) is 35.9 Å². The van der Waals surface area contributed by atoms with E-state index in [2.05, 4.69) is 4.72 Å². The predicted octanol–water partition coefficient (Wildman–Crippen LogP) is 3.02. The van der Waals surface area contributed by atoms with Crippen LogP contribution in [0.25, 0.3) is 6.08 Å². The van der Waals surface area contributed by atoms with Gasteiger partial charge in [0.2, 0.25) is 10.0 Å². The van der Waals surface area contributed by atoms with Crippen LogP contribution in [0.4, 0.5) is 0 Å². The summed E-state index contributed by atoms with van der Waals surface area (Å²) < 4.78 is 30.8. The Morgan fingerprint density at radius 3 is 2.58 bits per heavy atom. The molecule has 0 radical (unpaired) electrons. The minimum atomic E-state index is -3.49. The molecule has 0 fully saturated rings. The minimum absolute atomic E-state index is 0.125. The average molecular weight is 298 g/mol. The summed E-state index contributed by atoms with van der Waals surface area (Å²) in [5.41, 5.74) is 0.757. The average Bonchev–Trinajstić information content (AvgIpc) is 2.89. The molecule has 0 spiro atoms. The summed E-state index contributed by atoms with van der Waals surface area (Å²) in [5.74, 6) is 0.559. The van der Waals surface area contributed by atoms with E-state index in [0.717, 1.165) is 11.0 Å². The molecule has 2 aromatic rings. The molecule has 100 valence electrons. The first kappa shape index (κ1) is 13.9. The van der Waals surface area contributed by atoms with Crippen molar-refractivity contribution >= 4 is 27.7 Å². The summed E-state index contributed by atoms with van der Waals surface area (Å²) in [6.07, 6.45) is 2.99. The van der Waals surface area contributed by atoms with Gasteiger partial charge in [0.1, 0.15) is 5.76 Å². The van der Waals surface area contributed by atoms with Crippen molar-refractivity contribution in [1.82, 2.24) is 4.72 Å². The molecule has 6 heteroatoms. The van der Waals surface area contributed by atoms with Gasteiger partial charge >= 0.3 is 0 Å². The minimum Gasteiger partial charge on any atom is -0.468 e.